The topological polar surface area (TPSA) is 153 Å². The number of rotatable bonds is 29. The molecule has 12 saturated heterocycles. The molecule has 19 nitrogen and oxygen atoms in total. The van der Waals surface area contributed by atoms with Gasteiger partial charge in [0.05, 0.1) is 38.3 Å². The number of hydrogen-bond acceptors (Lipinski definition) is 18. The van der Waals surface area contributed by atoms with Gasteiger partial charge < -0.3 is 10.2 Å². The van der Waals surface area contributed by atoms with Crippen LogP contribution in [0.25, 0.3) is 0 Å². The number of amides is 1. The van der Waals surface area contributed by atoms with Crippen molar-refractivity contribution in [3.8, 4) is 0 Å². The zero-order valence-electron chi connectivity index (χ0n) is 81.4. The molecule has 28 heteroatoms. The average Bonchev–Trinajstić information content (AvgIpc) is 1.36. The van der Waals surface area contributed by atoms with Gasteiger partial charge in [0, 0.05) is 238 Å². The van der Waals surface area contributed by atoms with Crippen molar-refractivity contribution in [3.05, 3.63) is 0 Å². The number of nitrogens with one attached hydrogen (secondary N) is 1. The van der Waals surface area contributed by atoms with Crippen LogP contribution in [0.2, 0.25) is 0 Å². The zero-order chi connectivity index (χ0) is 92.7. The van der Waals surface area contributed by atoms with Crippen molar-refractivity contribution >= 4 is 34.8 Å². The number of carbonyl (C=O) groups excluding carboxylic acids is 6. The molecule has 1 N–H and O–H groups in total. The van der Waals surface area contributed by atoms with Crippen molar-refractivity contribution in [2.24, 2.45) is 59.2 Å². The van der Waals surface area contributed by atoms with Crippen molar-refractivity contribution in [1.29, 1.82) is 0 Å². The molecule has 12 rings (SSSR count). The summed E-state index contributed by atoms with van der Waals surface area (Å²) in [7, 11) is 0. The summed E-state index contributed by atoms with van der Waals surface area (Å²) in [5, 5.41) is 2.97. The van der Waals surface area contributed by atoms with E-state index in [1.807, 2.05) is 112 Å². The Morgan fingerprint density at radius 2 is 0.605 bits per heavy atom. The minimum absolute atomic E-state index is 0.00763. The van der Waals surface area contributed by atoms with Gasteiger partial charge in [0.15, 0.2) is 0 Å². The molecule has 0 aromatic rings. The van der Waals surface area contributed by atoms with Crippen LogP contribution in [0.1, 0.15) is 256 Å². The molecule has 0 aromatic heterocycles. The van der Waals surface area contributed by atoms with Crippen molar-refractivity contribution < 1.29 is 68.3 Å². The van der Waals surface area contributed by atoms with Gasteiger partial charge in [-0.15, -0.1) is 0 Å². The predicted octanol–water partition coefficient (Wildman–Crippen LogP) is 14.8. The van der Waals surface area contributed by atoms with Gasteiger partial charge in [-0.2, -0.15) is 0 Å². The molecule has 0 aromatic carbocycles. The molecule has 0 saturated carbocycles. The fourth-order valence-electron chi connectivity index (χ4n) is 19.7. The highest BCUT2D eigenvalue weighted by Crippen LogP contribution is 2.43. The van der Waals surface area contributed by atoms with Crippen LogP contribution in [-0.4, -0.2) is 359 Å². The van der Waals surface area contributed by atoms with Crippen molar-refractivity contribution in [1.82, 2.24) is 64.1 Å². The van der Waals surface area contributed by atoms with Gasteiger partial charge in [0.2, 0.25) is 5.91 Å². The number of likely N-dealkylation sites (tertiary alicyclic amines) is 12. The molecule has 12 heterocycles. The fourth-order valence-corrected chi connectivity index (χ4v) is 19.7. The first-order chi connectivity index (χ1) is 57.6. The van der Waals surface area contributed by atoms with E-state index in [-0.39, 0.29) is 146 Å². The molecule has 720 valence electrons. The Morgan fingerprint density at radius 1 is 0.274 bits per heavy atom. The number of halogens is 9. The van der Waals surface area contributed by atoms with E-state index in [0.29, 0.717) is 126 Å². The summed E-state index contributed by atoms with van der Waals surface area (Å²) >= 11 is 0. The van der Waals surface area contributed by atoms with Crippen LogP contribution < -0.4 is 5.32 Å². The predicted molar refractivity (Wildman–Crippen MR) is 481 cm³/mol. The Balaban J connectivity index is 0.000000205. The number of Topliss-reactive ketones (excluding diaryl/α,β-unsaturated/α-hetero) is 5. The Bertz CT molecular complexity index is 3190. The van der Waals surface area contributed by atoms with Gasteiger partial charge in [-0.1, -0.05) is 83.1 Å². The normalized spacial score (nSPS) is 27.4. The molecule has 5 unspecified atom stereocenters. The van der Waals surface area contributed by atoms with Crippen LogP contribution in [0.15, 0.2) is 0 Å². The minimum atomic E-state index is -2.74. The van der Waals surface area contributed by atoms with E-state index in [1.54, 1.807) is 27.7 Å². The first-order valence-corrected chi connectivity index (χ1v) is 48.6. The van der Waals surface area contributed by atoms with E-state index in [0.717, 1.165) is 84.1 Å². The zero-order valence-corrected chi connectivity index (χ0v) is 81.4. The Hall–Kier alpha value is -3.29. The monoisotopic (exact) mass is 1770 g/mol. The third kappa shape index (κ3) is 31.4. The number of alkyl halides is 9. The van der Waals surface area contributed by atoms with Gasteiger partial charge >= 0.3 is 0 Å². The molecule has 0 aliphatic carbocycles. The summed E-state index contributed by atoms with van der Waals surface area (Å²) < 4.78 is 129. The highest BCUT2D eigenvalue weighted by Gasteiger charge is 2.55. The first kappa shape index (κ1) is 108. The van der Waals surface area contributed by atoms with Crippen molar-refractivity contribution in [2.75, 3.05) is 157 Å². The Kier molecular flexibility index (Phi) is 41.2. The van der Waals surface area contributed by atoms with E-state index >= 15 is 0 Å². The Labute approximate surface area is 743 Å². The molecule has 5 atom stereocenters. The molecular weight excluding hydrogens is 1600 g/mol. The van der Waals surface area contributed by atoms with Crippen LogP contribution in [-0.2, 0) is 28.8 Å². The summed E-state index contributed by atoms with van der Waals surface area (Å²) in [6.45, 7) is 64.0. The van der Waals surface area contributed by atoms with Crippen LogP contribution >= 0.6 is 0 Å². The molecule has 12 aliphatic rings. The second-order valence-corrected chi connectivity index (χ2v) is 43.3. The van der Waals surface area contributed by atoms with E-state index in [2.05, 4.69) is 90.1 Å². The SMILES string of the molecule is CC(C)C(=O)CC1(F)CN(C2CCN(C(C)C)CC2)C1.CC(C)C(=O)CC1CCN(C2CN(C(C)C)C2)CC1.CC(C)C(=O)CC1CCN(C2CN(C(C)C)C2)CC1(F)F.CC(C)C(=O)CC1CCN(C2CN(C(C)C)C2)CC1(F)F.CC(C)C(=O)CC1CN(C2CCN(C(C)C)CC2(F)F)C1.CC(C)C(=O)NC1CCN(C2CCN(C(C)C)CC2(F)F)C1. The summed E-state index contributed by atoms with van der Waals surface area (Å²) in [6.07, 6.45) is 8.87. The van der Waals surface area contributed by atoms with Gasteiger partial charge in [-0.25, -0.2) is 39.5 Å². The lowest BCUT2D eigenvalue weighted by Gasteiger charge is -2.50. The minimum Gasteiger partial charge on any atom is -0.352 e. The summed E-state index contributed by atoms with van der Waals surface area (Å²) in [5.41, 5.74) is -1.25. The first-order valence-electron chi connectivity index (χ1n) is 48.6. The quantitative estimate of drug-likeness (QED) is 0.0706. The van der Waals surface area contributed by atoms with Gasteiger partial charge in [0.25, 0.3) is 23.7 Å². The summed E-state index contributed by atoms with van der Waals surface area (Å²) in [6, 6.07) is 3.11. The molecule has 124 heavy (non-hydrogen) atoms. The second-order valence-electron chi connectivity index (χ2n) is 43.3. The molecule has 0 bridgehead atoms. The molecule has 0 spiro atoms. The third-order valence-corrected chi connectivity index (χ3v) is 29.5. The maximum atomic E-state index is 14.5. The van der Waals surface area contributed by atoms with E-state index in [1.165, 1.54) is 39.0 Å². The molecule has 0 radical (unpaired) electrons. The highest BCUT2D eigenvalue weighted by molar-refractivity contribution is 5.83. The van der Waals surface area contributed by atoms with Crippen LogP contribution in [0, 0.1) is 59.2 Å². The maximum absolute atomic E-state index is 14.5. The fraction of sp³-hybridized carbons (Fsp3) is 0.938. The lowest BCUT2D eigenvalue weighted by molar-refractivity contribution is -0.155. The van der Waals surface area contributed by atoms with Crippen LogP contribution in [0.5, 0.6) is 0 Å². The lowest BCUT2D eigenvalue weighted by Crippen LogP contribution is -2.65. The molecule has 12 aliphatic heterocycles. The van der Waals surface area contributed by atoms with Gasteiger partial charge in [0.1, 0.15) is 34.6 Å². The Morgan fingerprint density at radius 3 is 0.952 bits per heavy atom. The number of nitrogens with zero attached hydrogens (tertiary/aromatic N) is 12. The smallest absolute Gasteiger partial charge is 0.275 e. The summed E-state index contributed by atoms with van der Waals surface area (Å²) in [4.78, 5) is 96.3. The largest absolute Gasteiger partial charge is 0.352 e. The van der Waals surface area contributed by atoms with Gasteiger partial charge in [-0.3, -0.25) is 82.7 Å². The average molecular weight is 1780 g/mol. The molecule has 1 amide bonds. The second kappa shape index (κ2) is 47.4. The van der Waals surface area contributed by atoms with E-state index in [4.69, 9.17) is 0 Å². The third-order valence-electron chi connectivity index (χ3n) is 29.5. The van der Waals surface area contributed by atoms with Gasteiger partial charge in [-0.05, 0) is 192 Å². The molecular formula is C96H172F9N13O6. The number of piperidine rings is 6. The number of ketones is 5. The van der Waals surface area contributed by atoms with Crippen molar-refractivity contribution in [3.63, 3.8) is 0 Å². The molecule has 12 fully saturated rings. The number of hydrogen-bond donors (Lipinski definition) is 1. The lowest BCUT2D eigenvalue weighted by atomic mass is 9.85. The van der Waals surface area contributed by atoms with E-state index < -0.39 is 53.3 Å². The van der Waals surface area contributed by atoms with Crippen LogP contribution in [0.3, 0.4) is 0 Å². The van der Waals surface area contributed by atoms with Crippen LogP contribution in [0.4, 0.5) is 39.5 Å². The summed E-state index contributed by atoms with van der Waals surface area (Å²) in [5.74, 6) is -10.9. The van der Waals surface area contributed by atoms with E-state index in [9.17, 15) is 68.3 Å². The maximum Gasteiger partial charge on any atom is 0.275 e. The number of carbonyl (C=O) groups is 6. The van der Waals surface area contributed by atoms with Crippen molar-refractivity contribution in [2.45, 2.75) is 364 Å². The standard InChI is InChI=1S/C16H29F2N3O.3C16H28F2N2O.C16H29FN2O.C16H30N2O/c1-11(2)15(22)19-13-5-7-20(9-13)14-6-8-21(12(3)4)10-16(14,17)18;1-11(2)14(21)7-13-8-20(9-13)15-5-6-19(12(3)4)10-16(15,17)18;2*1-11(2)15(21)7-13-5-6-19(10-16(13,17)18)14-8-20(9-14)12(3)4;1-12(2)15(20)9-16(17)10-19(11-16)14-5-7-18(8-6-14)13(3)4;1-12(2)16(19)9-14-5-7-17(8-6-14)15-10-18(11-15)13(3)4/h11-14H,5-10H2,1-4H3,(H,19,22);11-13,15H,5-10H2,1-4H3;2*11-14H,5-10H2,1-4H3;12-14H,5-11H2,1-4H3;12-15H,5-11H2,1-4H3. The highest BCUT2D eigenvalue weighted by atomic mass is 19.3.